The molecule has 0 radical (unpaired) electrons. The van der Waals surface area contributed by atoms with Crippen LogP contribution in [0.4, 0.5) is 0 Å². The molecule has 3 nitrogen and oxygen atoms in total. The molecular formula is C13H26O3. The summed E-state index contributed by atoms with van der Waals surface area (Å²) in [6.07, 6.45) is 6.62. The van der Waals surface area contributed by atoms with Crippen molar-refractivity contribution in [1.82, 2.24) is 0 Å². The standard InChI is InChI=1S/C13H26O3/c1-11(10-15-2)9-12(14)5-3-6-13-7-4-8-16-13/h11-14H,3-10H2,1-2H3. The summed E-state index contributed by atoms with van der Waals surface area (Å²) in [5, 5.41) is 9.82. The maximum absolute atomic E-state index is 9.82. The molecule has 96 valence electrons. The molecule has 0 saturated carbocycles. The van der Waals surface area contributed by atoms with Crippen molar-refractivity contribution in [2.24, 2.45) is 5.92 Å². The quantitative estimate of drug-likeness (QED) is 0.695. The van der Waals surface area contributed by atoms with Gasteiger partial charge in [0, 0.05) is 20.3 Å². The van der Waals surface area contributed by atoms with E-state index in [0.717, 1.165) is 38.9 Å². The summed E-state index contributed by atoms with van der Waals surface area (Å²) in [6, 6.07) is 0. The van der Waals surface area contributed by atoms with Crippen molar-refractivity contribution in [1.29, 1.82) is 0 Å². The van der Waals surface area contributed by atoms with Gasteiger partial charge in [-0.1, -0.05) is 6.92 Å². The highest BCUT2D eigenvalue weighted by atomic mass is 16.5. The van der Waals surface area contributed by atoms with E-state index in [-0.39, 0.29) is 6.10 Å². The summed E-state index contributed by atoms with van der Waals surface area (Å²) in [7, 11) is 1.71. The zero-order chi connectivity index (χ0) is 11.8. The van der Waals surface area contributed by atoms with Gasteiger partial charge in [0.1, 0.15) is 0 Å². The molecule has 0 spiro atoms. The van der Waals surface area contributed by atoms with Crippen LogP contribution in [0.1, 0.15) is 45.4 Å². The van der Waals surface area contributed by atoms with Crippen molar-refractivity contribution < 1.29 is 14.6 Å². The van der Waals surface area contributed by atoms with Gasteiger partial charge >= 0.3 is 0 Å². The summed E-state index contributed by atoms with van der Waals surface area (Å²) in [6.45, 7) is 3.79. The van der Waals surface area contributed by atoms with Crippen LogP contribution in [0.3, 0.4) is 0 Å². The third-order valence-corrected chi connectivity index (χ3v) is 3.21. The number of methoxy groups -OCH3 is 1. The molecular weight excluding hydrogens is 204 g/mol. The van der Waals surface area contributed by atoms with Crippen LogP contribution in [0.15, 0.2) is 0 Å². The maximum atomic E-state index is 9.82. The number of ether oxygens (including phenoxy) is 2. The summed E-state index contributed by atoms with van der Waals surface area (Å²) >= 11 is 0. The predicted molar refractivity (Wildman–Crippen MR) is 64.5 cm³/mol. The van der Waals surface area contributed by atoms with Crippen LogP contribution < -0.4 is 0 Å². The zero-order valence-corrected chi connectivity index (χ0v) is 10.7. The molecule has 16 heavy (non-hydrogen) atoms. The minimum absolute atomic E-state index is 0.174. The van der Waals surface area contributed by atoms with Crippen molar-refractivity contribution in [3.63, 3.8) is 0 Å². The minimum Gasteiger partial charge on any atom is -0.393 e. The maximum Gasteiger partial charge on any atom is 0.0576 e. The first kappa shape index (κ1) is 13.9. The van der Waals surface area contributed by atoms with Gasteiger partial charge in [0.2, 0.25) is 0 Å². The third kappa shape index (κ3) is 5.83. The van der Waals surface area contributed by atoms with Crippen LogP contribution in [0.5, 0.6) is 0 Å². The van der Waals surface area contributed by atoms with Gasteiger partial charge in [0.25, 0.3) is 0 Å². The molecule has 3 heteroatoms. The van der Waals surface area contributed by atoms with Gasteiger partial charge in [0.15, 0.2) is 0 Å². The Balaban J connectivity index is 1.98. The van der Waals surface area contributed by atoms with Gasteiger partial charge in [-0.15, -0.1) is 0 Å². The highest BCUT2D eigenvalue weighted by molar-refractivity contribution is 4.67. The molecule has 1 rings (SSSR count). The van der Waals surface area contributed by atoms with E-state index >= 15 is 0 Å². The average Bonchev–Trinajstić information content (AvgIpc) is 2.70. The fourth-order valence-electron chi connectivity index (χ4n) is 2.39. The molecule has 0 aromatic rings. The Morgan fingerprint density at radius 3 is 2.94 bits per heavy atom. The summed E-state index contributed by atoms with van der Waals surface area (Å²) in [5.41, 5.74) is 0. The summed E-state index contributed by atoms with van der Waals surface area (Å²) in [5.74, 6) is 0.447. The molecule has 0 aromatic carbocycles. The second kappa shape index (κ2) is 8.04. The van der Waals surface area contributed by atoms with E-state index in [1.54, 1.807) is 7.11 Å². The first-order chi connectivity index (χ1) is 7.72. The van der Waals surface area contributed by atoms with Crippen molar-refractivity contribution in [2.75, 3.05) is 20.3 Å². The fraction of sp³-hybridized carbons (Fsp3) is 1.00. The second-order valence-electron chi connectivity index (χ2n) is 5.02. The molecule has 3 atom stereocenters. The lowest BCUT2D eigenvalue weighted by Crippen LogP contribution is -2.16. The lowest BCUT2D eigenvalue weighted by molar-refractivity contribution is 0.0803. The van der Waals surface area contributed by atoms with Crippen LogP contribution in [0.25, 0.3) is 0 Å². The Morgan fingerprint density at radius 2 is 2.31 bits per heavy atom. The molecule has 0 amide bonds. The van der Waals surface area contributed by atoms with Crippen LogP contribution in [0.2, 0.25) is 0 Å². The predicted octanol–water partition coefficient (Wildman–Crippen LogP) is 2.37. The first-order valence-electron chi connectivity index (χ1n) is 6.51. The van der Waals surface area contributed by atoms with E-state index in [4.69, 9.17) is 9.47 Å². The van der Waals surface area contributed by atoms with Crippen molar-refractivity contribution in [3.05, 3.63) is 0 Å². The SMILES string of the molecule is COCC(C)CC(O)CCCC1CCCO1. The van der Waals surface area contributed by atoms with Crippen molar-refractivity contribution >= 4 is 0 Å². The molecule has 0 aliphatic carbocycles. The summed E-state index contributed by atoms with van der Waals surface area (Å²) < 4.78 is 10.6. The number of aliphatic hydroxyl groups is 1. The number of aliphatic hydroxyl groups excluding tert-OH is 1. The minimum atomic E-state index is -0.174. The molecule has 1 heterocycles. The van der Waals surface area contributed by atoms with E-state index in [2.05, 4.69) is 6.92 Å². The highest BCUT2D eigenvalue weighted by Gasteiger charge is 2.16. The first-order valence-corrected chi connectivity index (χ1v) is 6.51. The van der Waals surface area contributed by atoms with E-state index < -0.39 is 0 Å². The Hall–Kier alpha value is -0.120. The largest absolute Gasteiger partial charge is 0.393 e. The second-order valence-corrected chi connectivity index (χ2v) is 5.02. The molecule has 1 N–H and O–H groups in total. The number of rotatable bonds is 8. The van der Waals surface area contributed by atoms with Gasteiger partial charge in [-0.05, 0) is 44.4 Å². The van der Waals surface area contributed by atoms with E-state index in [1.165, 1.54) is 12.8 Å². The fourth-order valence-corrected chi connectivity index (χ4v) is 2.39. The monoisotopic (exact) mass is 230 g/mol. The lowest BCUT2D eigenvalue weighted by atomic mass is 9.99. The smallest absolute Gasteiger partial charge is 0.0576 e. The molecule has 3 unspecified atom stereocenters. The van der Waals surface area contributed by atoms with E-state index in [0.29, 0.717) is 12.0 Å². The van der Waals surface area contributed by atoms with Gasteiger partial charge in [-0.25, -0.2) is 0 Å². The molecule has 1 saturated heterocycles. The van der Waals surface area contributed by atoms with Gasteiger partial charge in [-0.3, -0.25) is 0 Å². The van der Waals surface area contributed by atoms with Crippen LogP contribution in [0, 0.1) is 5.92 Å². The Morgan fingerprint density at radius 1 is 1.50 bits per heavy atom. The molecule has 1 fully saturated rings. The van der Waals surface area contributed by atoms with Crippen molar-refractivity contribution in [2.45, 2.75) is 57.7 Å². The summed E-state index contributed by atoms with van der Waals surface area (Å²) in [4.78, 5) is 0. The Kier molecular flexibility index (Phi) is 7.01. The molecule has 1 aliphatic heterocycles. The van der Waals surface area contributed by atoms with Gasteiger partial charge in [0.05, 0.1) is 12.2 Å². The molecule has 0 bridgehead atoms. The zero-order valence-electron chi connectivity index (χ0n) is 10.7. The van der Waals surface area contributed by atoms with Crippen LogP contribution in [-0.4, -0.2) is 37.6 Å². The highest BCUT2D eigenvalue weighted by Crippen LogP contribution is 2.19. The number of hydrogen-bond donors (Lipinski definition) is 1. The van der Waals surface area contributed by atoms with Gasteiger partial charge in [-0.2, -0.15) is 0 Å². The normalized spacial score (nSPS) is 24.6. The lowest BCUT2D eigenvalue weighted by Gasteiger charge is -2.16. The average molecular weight is 230 g/mol. The van der Waals surface area contributed by atoms with Crippen LogP contribution >= 0.6 is 0 Å². The van der Waals surface area contributed by atoms with Crippen molar-refractivity contribution in [3.8, 4) is 0 Å². The molecule has 1 aliphatic rings. The number of hydrogen-bond acceptors (Lipinski definition) is 3. The topological polar surface area (TPSA) is 38.7 Å². The Bertz CT molecular complexity index is 167. The van der Waals surface area contributed by atoms with Crippen LogP contribution in [-0.2, 0) is 9.47 Å². The third-order valence-electron chi connectivity index (χ3n) is 3.21. The van der Waals surface area contributed by atoms with E-state index in [9.17, 15) is 5.11 Å². The molecule has 0 aromatic heterocycles. The van der Waals surface area contributed by atoms with Gasteiger partial charge < -0.3 is 14.6 Å². The van der Waals surface area contributed by atoms with E-state index in [1.807, 2.05) is 0 Å². The Labute approximate surface area is 99.1 Å².